The Hall–Kier alpha value is -2.87. The molecule has 0 radical (unpaired) electrons. The highest BCUT2D eigenvalue weighted by molar-refractivity contribution is 7.99. The van der Waals surface area contributed by atoms with E-state index < -0.39 is 24.1 Å². The minimum atomic E-state index is -5.67. The van der Waals surface area contributed by atoms with Gasteiger partial charge in [-0.25, -0.2) is 4.98 Å². The van der Waals surface area contributed by atoms with Gasteiger partial charge in [0.05, 0.1) is 34.6 Å². The molecule has 3 rings (SSSR count). The smallest absolute Gasteiger partial charge is 0.455 e. The van der Waals surface area contributed by atoms with E-state index in [0.717, 1.165) is 10.8 Å². The van der Waals surface area contributed by atoms with Gasteiger partial charge < -0.3 is 9.77 Å². The van der Waals surface area contributed by atoms with Crippen LogP contribution in [-0.2, 0) is 12.0 Å². The maximum atomic E-state index is 13.5. The summed E-state index contributed by atoms with van der Waals surface area (Å²) in [6, 6.07) is 6.75. The monoisotopic (exact) mass is 470 g/mol. The zero-order valence-electron chi connectivity index (χ0n) is 17.4. The number of hydrogen-bond acceptors (Lipinski definition) is 4. The zero-order chi connectivity index (χ0) is 23.9. The van der Waals surface area contributed by atoms with E-state index >= 15 is 0 Å². The first-order chi connectivity index (χ1) is 14.8. The number of aromatic nitrogens is 3. The number of fused-ring (bicyclic) bond motifs is 1. The van der Waals surface area contributed by atoms with E-state index in [1.807, 2.05) is 6.92 Å². The topological polar surface area (TPSA) is 68.5 Å². The molecule has 3 heterocycles. The third kappa shape index (κ3) is 4.37. The van der Waals surface area contributed by atoms with E-state index in [4.69, 9.17) is 0 Å². The average Bonchev–Trinajstić information content (AvgIpc) is 3.08. The normalized spacial score (nSPS) is 12.8. The fraction of sp³-hybridized carbons (Fsp3) is 0.381. The molecule has 3 aromatic rings. The molecule has 3 aromatic heterocycles. The Bertz CT molecular complexity index is 1200. The fourth-order valence-electron chi connectivity index (χ4n) is 3.12. The Balaban J connectivity index is 2.08. The SMILES string of the molecule is CCSc1cc(C(C)(C)C#N)c[n+]([O-])c1-c1cc2ccn(CC(F)(F)C(F)(F)F)c2cn1. The molecule has 0 atom stereocenters. The first-order valence-electron chi connectivity index (χ1n) is 9.52. The van der Waals surface area contributed by atoms with Gasteiger partial charge in [-0.2, -0.15) is 31.9 Å². The van der Waals surface area contributed by atoms with E-state index in [9.17, 15) is 32.4 Å². The Kier molecular flexibility index (Phi) is 6.12. The van der Waals surface area contributed by atoms with Crippen molar-refractivity contribution >= 4 is 22.7 Å². The molecule has 0 aliphatic heterocycles. The maximum Gasteiger partial charge on any atom is 0.455 e. The van der Waals surface area contributed by atoms with E-state index in [1.165, 1.54) is 36.3 Å². The molecule has 0 amide bonds. The molecule has 170 valence electrons. The van der Waals surface area contributed by atoms with E-state index in [-0.39, 0.29) is 16.9 Å². The van der Waals surface area contributed by atoms with Crippen LogP contribution in [0.2, 0.25) is 0 Å². The molecular weight excluding hydrogens is 451 g/mol. The number of halogens is 5. The fourth-order valence-corrected chi connectivity index (χ4v) is 3.97. The highest BCUT2D eigenvalue weighted by Gasteiger charge is 2.57. The number of rotatable bonds is 6. The third-order valence-electron chi connectivity index (χ3n) is 4.98. The summed E-state index contributed by atoms with van der Waals surface area (Å²) in [6.45, 7) is 3.69. The van der Waals surface area contributed by atoms with Gasteiger partial charge in [0, 0.05) is 17.1 Å². The van der Waals surface area contributed by atoms with Crippen LogP contribution >= 0.6 is 11.8 Å². The molecule has 0 aromatic carbocycles. The van der Waals surface area contributed by atoms with Crippen LogP contribution < -0.4 is 4.73 Å². The van der Waals surface area contributed by atoms with Crippen molar-refractivity contribution in [3.63, 3.8) is 0 Å². The number of nitriles is 1. The molecule has 32 heavy (non-hydrogen) atoms. The van der Waals surface area contributed by atoms with Crippen LogP contribution in [0.5, 0.6) is 0 Å². The highest BCUT2D eigenvalue weighted by atomic mass is 32.2. The molecular formula is C21H19F5N4OS. The summed E-state index contributed by atoms with van der Waals surface area (Å²) in [7, 11) is 0. The second-order valence-electron chi connectivity index (χ2n) is 7.71. The predicted molar refractivity (Wildman–Crippen MR) is 110 cm³/mol. The third-order valence-corrected chi connectivity index (χ3v) is 5.89. The van der Waals surface area contributed by atoms with Crippen LogP contribution in [0, 0.1) is 16.5 Å². The second kappa shape index (κ2) is 8.24. The van der Waals surface area contributed by atoms with Gasteiger partial charge in [0.2, 0.25) is 0 Å². The number of hydrogen-bond donors (Lipinski definition) is 0. The number of nitrogens with zero attached hydrogens (tertiary/aromatic N) is 4. The van der Waals surface area contributed by atoms with Crippen molar-refractivity contribution in [3.8, 4) is 17.5 Å². The summed E-state index contributed by atoms with van der Waals surface area (Å²) >= 11 is 1.37. The van der Waals surface area contributed by atoms with Crippen molar-refractivity contribution in [3.05, 3.63) is 47.6 Å². The Morgan fingerprint density at radius 3 is 2.50 bits per heavy atom. The van der Waals surface area contributed by atoms with Gasteiger partial charge in [-0.1, -0.05) is 6.92 Å². The summed E-state index contributed by atoms with van der Waals surface area (Å²) in [5.74, 6) is -4.27. The first-order valence-corrected chi connectivity index (χ1v) is 10.5. The standard InChI is InChI=1S/C21H19F5N4OS/c1-4-32-17-8-14(19(2,3)11-27)10-30(31)18(17)15-7-13-5-6-29(16(13)9-28-15)12-20(22,23)21(24,25)26/h5-10H,4,12H2,1-3H3. The maximum absolute atomic E-state index is 13.5. The van der Waals surface area contributed by atoms with Crippen molar-refractivity contribution < 1.29 is 26.7 Å². The Morgan fingerprint density at radius 1 is 1.22 bits per heavy atom. The van der Waals surface area contributed by atoms with Gasteiger partial charge >= 0.3 is 12.1 Å². The van der Waals surface area contributed by atoms with Gasteiger partial charge in [-0.15, -0.1) is 11.8 Å². The van der Waals surface area contributed by atoms with Gasteiger partial charge in [0.15, 0.2) is 6.20 Å². The summed E-state index contributed by atoms with van der Waals surface area (Å²) in [5.41, 5.74) is 0.166. The molecule has 0 aliphatic carbocycles. The van der Waals surface area contributed by atoms with Crippen LogP contribution in [0.4, 0.5) is 22.0 Å². The molecule has 0 saturated heterocycles. The van der Waals surface area contributed by atoms with E-state index in [0.29, 0.717) is 26.3 Å². The van der Waals surface area contributed by atoms with Crippen LogP contribution in [0.15, 0.2) is 41.7 Å². The van der Waals surface area contributed by atoms with Gasteiger partial charge in [-0.3, -0.25) is 0 Å². The van der Waals surface area contributed by atoms with Gasteiger partial charge in [0.1, 0.15) is 5.69 Å². The van der Waals surface area contributed by atoms with Gasteiger partial charge in [-0.05, 0) is 37.8 Å². The summed E-state index contributed by atoms with van der Waals surface area (Å²) in [5, 5.41) is 22.6. The van der Waals surface area contributed by atoms with Crippen LogP contribution in [0.3, 0.4) is 0 Å². The summed E-state index contributed by atoms with van der Waals surface area (Å²) in [6.07, 6.45) is -2.08. The molecule has 11 heteroatoms. The van der Waals surface area contributed by atoms with Crippen molar-refractivity contribution in [1.29, 1.82) is 5.26 Å². The molecule has 0 saturated carbocycles. The van der Waals surface area contributed by atoms with E-state index in [2.05, 4.69) is 11.1 Å². The Labute approximate surface area is 185 Å². The summed E-state index contributed by atoms with van der Waals surface area (Å²) < 4.78 is 66.1. The number of thioether (sulfide) groups is 1. The van der Waals surface area contributed by atoms with Crippen LogP contribution in [-0.4, -0.2) is 27.4 Å². The van der Waals surface area contributed by atoms with Crippen molar-refractivity contribution in [1.82, 2.24) is 9.55 Å². The van der Waals surface area contributed by atoms with E-state index in [1.54, 1.807) is 19.9 Å². The predicted octanol–water partition coefficient (Wildman–Crippen LogP) is 5.45. The molecule has 0 bridgehead atoms. The minimum Gasteiger partial charge on any atom is -0.618 e. The van der Waals surface area contributed by atoms with Crippen LogP contribution in [0.25, 0.3) is 22.3 Å². The molecule has 0 unspecified atom stereocenters. The first kappa shape index (κ1) is 23.8. The van der Waals surface area contributed by atoms with Crippen molar-refractivity contribution in [2.45, 2.75) is 49.7 Å². The lowest BCUT2D eigenvalue weighted by Gasteiger charge is -2.20. The largest absolute Gasteiger partial charge is 0.618 e. The quantitative estimate of drug-likeness (QED) is 0.208. The zero-order valence-corrected chi connectivity index (χ0v) is 18.2. The lowest BCUT2D eigenvalue weighted by atomic mass is 9.87. The second-order valence-corrected chi connectivity index (χ2v) is 9.02. The number of alkyl halides is 5. The molecule has 0 N–H and O–H groups in total. The highest BCUT2D eigenvalue weighted by Crippen LogP contribution is 2.38. The van der Waals surface area contributed by atoms with Crippen LogP contribution in [0.1, 0.15) is 26.3 Å². The summed E-state index contributed by atoms with van der Waals surface area (Å²) in [4.78, 5) is 4.75. The van der Waals surface area contributed by atoms with Crippen molar-refractivity contribution in [2.75, 3.05) is 5.75 Å². The lowest BCUT2D eigenvalue weighted by Crippen LogP contribution is -2.40. The molecule has 0 fully saturated rings. The molecule has 5 nitrogen and oxygen atoms in total. The number of pyridine rings is 2. The lowest BCUT2D eigenvalue weighted by molar-refractivity contribution is -0.596. The minimum absolute atomic E-state index is 0.0852. The van der Waals surface area contributed by atoms with Crippen molar-refractivity contribution in [2.24, 2.45) is 0 Å². The average molecular weight is 470 g/mol. The molecule has 0 spiro atoms. The van der Waals surface area contributed by atoms with Gasteiger partial charge in [0.25, 0.3) is 5.69 Å². The Morgan fingerprint density at radius 2 is 1.91 bits per heavy atom. The molecule has 0 aliphatic rings.